The number of nitrogen functional groups attached to an aromatic ring is 1. The van der Waals surface area contributed by atoms with Crippen LogP contribution in [0.25, 0.3) is 10.8 Å². The molecule has 114 valence electrons. The molecule has 0 bridgehead atoms. The van der Waals surface area contributed by atoms with Crippen molar-refractivity contribution in [1.29, 1.82) is 0 Å². The van der Waals surface area contributed by atoms with Crippen molar-refractivity contribution in [3.05, 3.63) is 75.8 Å². The standard InChI is InChI=1S/C17H12N2O4/c18-16-14-7-5-13(20)9-10(14)4-6-15(16)17(21)11-2-1-3-12(8-11)19(22)23/h1-9,20H,18H2. The van der Waals surface area contributed by atoms with Crippen LogP contribution in [0.5, 0.6) is 5.75 Å². The zero-order valence-electron chi connectivity index (χ0n) is 11.9. The van der Waals surface area contributed by atoms with E-state index in [1.165, 1.54) is 30.3 Å². The number of nitro groups is 1. The molecule has 0 saturated carbocycles. The second-order valence-electron chi connectivity index (χ2n) is 5.07. The average Bonchev–Trinajstić information content (AvgIpc) is 2.54. The highest BCUT2D eigenvalue weighted by atomic mass is 16.6. The topological polar surface area (TPSA) is 106 Å². The van der Waals surface area contributed by atoms with Crippen molar-refractivity contribution in [3.63, 3.8) is 0 Å². The molecule has 3 aromatic rings. The SMILES string of the molecule is Nc1c(C(=O)c2cccc([N+](=O)[O-])c2)ccc2cc(O)ccc12. The minimum atomic E-state index is -0.552. The molecule has 0 amide bonds. The molecule has 0 atom stereocenters. The molecule has 0 spiro atoms. The quantitative estimate of drug-likeness (QED) is 0.334. The van der Waals surface area contributed by atoms with E-state index >= 15 is 0 Å². The molecule has 0 aliphatic rings. The Morgan fingerprint density at radius 1 is 1.09 bits per heavy atom. The lowest BCUT2D eigenvalue weighted by Gasteiger charge is -2.09. The molecule has 0 unspecified atom stereocenters. The largest absolute Gasteiger partial charge is 0.508 e. The molecule has 0 aliphatic carbocycles. The van der Waals surface area contributed by atoms with E-state index in [0.29, 0.717) is 10.8 Å². The first kappa shape index (κ1) is 14.5. The molecular formula is C17H12N2O4. The highest BCUT2D eigenvalue weighted by Gasteiger charge is 2.17. The van der Waals surface area contributed by atoms with Gasteiger partial charge in [-0.15, -0.1) is 0 Å². The number of carbonyl (C=O) groups is 1. The van der Waals surface area contributed by atoms with Gasteiger partial charge < -0.3 is 10.8 Å². The number of nitro benzene ring substituents is 1. The van der Waals surface area contributed by atoms with Crippen LogP contribution < -0.4 is 5.73 Å². The molecule has 0 fully saturated rings. The van der Waals surface area contributed by atoms with E-state index in [1.54, 1.807) is 24.3 Å². The van der Waals surface area contributed by atoms with Gasteiger partial charge in [-0.2, -0.15) is 0 Å². The molecule has 3 N–H and O–H groups in total. The van der Waals surface area contributed by atoms with Gasteiger partial charge in [-0.1, -0.05) is 18.2 Å². The fourth-order valence-corrected chi connectivity index (χ4v) is 2.46. The number of aromatic hydroxyl groups is 1. The Balaban J connectivity index is 2.11. The molecule has 3 aromatic carbocycles. The molecule has 3 rings (SSSR count). The maximum atomic E-state index is 12.6. The second-order valence-corrected chi connectivity index (χ2v) is 5.07. The maximum absolute atomic E-state index is 12.6. The minimum absolute atomic E-state index is 0.106. The maximum Gasteiger partial charge on any atom is 0.270 e. The molecule has 6 nitrogen and oxygen atoms in total. The summed E-state index contributed by atoms with van der Waals surface area (Å²) in [6, 6.07) is 13.4. The smallest absolute Gasteiger partial charge is 0.270 e. The van der Waals surface area contributed by atoms with Crippen LogP contribution in [0.3, 0.4) is 0 Å². The van der Waals surface area contributed by atoms with Gasteiger partial charge >= 0.3 is 0 Å². The zero-order valence-corrected chi connectivity index (χ0v) is 11.9. The van der Waals surface area contributed by atoms with Crippen LogP contribution in [0.1, 0.15) is 15.9 Å². The number of carbonyl (C=O) groups excluding carboxylic acids is 1. The lowest BCUT2D eigenvalue weighted by Crippen LogP contribution is -2.06. The number of phenolic OH excluding ortho intramolecular Hbond substituents is 1. The van der Waals surface area contributed by atoms with Crippen LogP contribution in [-0.2, 0) is 0 Å². The number of rotatable bonds is 3. The van der Waals surface area contributed by atoms with Crippen LogP contribution in [0.2, 0.25) is 0 Å². The van der Waals surface area contributed by atoms with Gasteiger partial charge in [0.25, 0.3) is 5.69 Å². The van der Waals surface area contributed by atoms with Crippen molar-refractivity contribution in [2.45, 2.75) is 0 Å². The Morgan fingerprint density at radius 2 is 1.87 bits per heavy atom. The van der Waals surface area contributed by atoms with Gasteiger partial charge in [-0.25, -0.2) is 0 Å². The summed E-state index contributed by atoms with van der Waals surface area (Å²) < 4.78 is 0. The first-order valence-electron chi connectivity index (χ1n) is 6.78. The number of benzene rings is 3. The summed E-state index contributed by atoms with van der Waals surface area (Å²) in [6.07, 6.45) is 0. The van der Waals surface area contributed by atoms with Gasteiger partial charge in [0.05, 0.1) is 10.6 Å². The number of anilines is 1. The van der Waals surface area contributed by atoms with Crippen molar-refractivity contribution in [3.8, 4) is 5.75 Å². The van der Waals surface area contributed by atoms with Gasteiger partial charge in [0.1, 0.15) is 5.75 Å². The number of nitrogens with zero attached hydrogens (tertiary/aromatic N) is 1. The van der Waals surface area contributed by atoms with Crippen LogP contribution >= 0.6 is 0 Å². The monoisotopic (exact) mass is 308 g/mol. The third-order valence-corrected chi connectivity index (χ3v) is 3.61. The van der Waals surface area contributed by atoms with E-state index < -0.39 is 4.92 Å². The molecule has 0 aromatic heterocycles. The Hall–Kier alpha value is -3.41. The molecule has 23 heavy (non-hydrogen) atoms. The van der Waals surface area contributed by atoms with Crippen molar-refractivity contribution in [2.24, 2.45) is 0 Å². The lowest BCUT2D eigenvalue weighted by atomic mass is 9.97. The van der Waals surface area contributed by atoms with Crippen molar-refractivity contribution < 1.29 is 14.8 Å². The molecule has 0 saturated heterocycles. The van der Waals surface area contributed by atoms with Gasteiger partial charge in [-0.3, -0.25) is 14.9 Å². The fraction of sp³-hybridized carbons (Fsp3) is 0. The summed E-state index contributed by atoms with van der Waals surface area (Å²) >= 11 is 0. The summed E-state index contributed by atoms with van der Waals surface area (Å²) in [7, 11) is 0. The zero-order chi connectivity index (χ0) is 16.6. The van der Waals surface area contributed by atoms with E-state index in [0.717, 1.165) is 0 Å². The minimum Gasteiger partial charge on any atom is -0.508 e. The lowest BCUT2D eigenvalue weighted by molar-refractivity contribution is -0.384. The first-order chi connectivity index (χ1) is 11.0. The van der Waals surface area contributed by atoms with Gasteiger partial charge in [0.2, 0.25) is 0 Å². The van der Waals surface area contributed by atoms with Crippen LogP contribution in [0, 0.1) is 10.1 Å². The number of fused-ring (bicyclic) bond motifs is 1. The fourth-order valence-electron chi connectivity index (χ4n) is 2.46. The number of ketones is 1. The summed E-state index contributed by atoms with van der Waals surface area (Å²) in [6.45, 7) is 0. The number of hydrogen-bond donors (Lipinski definition) is 2. The Labute approximate surface area is 130 Å². The van der Waals surface area contributed by atoms with Crippen molar-refractivity contribution in [1.82, 2.24) is 0 Å². The number of phenols is 1. The molecule has 0 radical (unpaired) electrons. The third-order valence-electron chi connectivity index (χ3n) is 3.61. The highest BCUT2D eigenvalue weighted by Crippen LogP contribution is 2.29. The van der Waals surface area contributed by atoms with E-state index in [2.05, 4.69) is 0 Å². The Morgan fingerprint density at radius 3 is 2.61 bits per heavy atom. The summed E-state index contributed by atoms with van der Waals surface area (Å²) in [5.74, 6) is -0.282. The van der Waals surface area contributed by atoms with Gasteiger partial charge in [0, 0.05) is 28.6 Å². The molecule has 6 heteroatoms. The van der Waals surface area contributed by atoms with Crippen molar-refractivity contribution in [2.75, 3.05) is 5.73 Å². The van der Waals surface area contributed by atoms with E-state index in [9.17, 15) is 20.0 Å². The Bertz CT molecular complexity index is 950. The molecule has 0 heterocycles. The second kappa shape index (κ2) is 5.42. The first-order valence-corrected chi connectivity index (χ1v) is 6.78. The number of nitrogens with two attached hydrogens (primary N) is 1. The van der Waals surface area contributed by atoms with E-state index in [-0.39, 0.29) is 34.0 Å². The van der Waals surface area contributed by atoms with Crippen LogP contribution in [0.4, 0.5) is 11.4 Å². The normalized spacial score (nSPS) is 10.6. The Kier molecular flexibility index (Phi) is 3.42. The number of non-ortho nitro benzene ring substituents is 1. The van der Waals surface area contributed by atoms with Crippen LogP contribution in [-0.4, -0.2) is 15.8 Å². The van der Waals surface area contributed by atoms with Crippen molar-refractivity contribution >= 4 is 27.9 Å². The third kappa shape index (κ3) is 2.57. The van der Waals surface area contributed by atoms with E-state index in [4.69, 9.17) is 5.73 Å². The summed E-state index contributed by atoms with van der Waals surface area (Å²) in [5.41, 5.74) is 6.66. The summed E-state index contributed by atoms with van der Waals surface area (Å²) in [4.78, 5) is 22.9. The average molecular weight is 308 g/mol. The molecule has 0 aliphatic heterocycles. The predicted octanol–water partition coefficient (Wildman–Crippen LogP) is 3.27. The van der Waals surface area contributed by atoms with Gasteiger partial charge in [-0.05, 0) is 29.7 Å². The predicted molar refractivity (Wildman–Crippen MR) is 86.6 cm³/mol. The summed E-state index contributed by atoms with van der Waals surface area (Å²) in [5, 5.41) is 21.7. The molecular weight excluding hydrogens is 296 g/mol. The highest BCUT2D eigenvalue weighted by molar-refractivity contribution is 6.16. The van der Waals surface area contributed by atoms with E-state index in [1.807, 2.05) is 0 Å². The number of hydrogen-bond acceptors (Lipinski definition) is 5. The van der Waals surface area contributed by atoms with Crippen LogP contribution in [0.15, 0.2) is 54.6 Å². The van der Waals surface area contributed by atoms with Gasteiger partial charge in [0.15, 0.2) is 5.78 Å².